The van der Waals surface area contributed by atoms with E-state index in [0.717, 1.165) is 29.6 Å². The second-order valence-corrected chi connectivity index (χ2v) is 7.64. The third-order valence-corrected chi connectivity index (χ3v) is 5.66. The first-order valence-electron chi connectivity index (χ1n) is 10.3. The fraction of sp³-hybridized carbons (Fsp3) is 0.167. The predicted octanol–water partition coefficient (Wildman–Crippen LogP) is 2.67. The highest BCUT2D eigenvalue weighted by Gasteiger charge is 2.29. The number of nitrogens with two attached hydrogens (primary N) is 1. The highest BCUT2D eigenvalue weighted by molar-refractivity contribution is 6.05. The van der Waals surface area contributed by atoms with Crippen molar-refractivity contribution in [3.63, 3.8) is 0 Å². The van der Waals surface area contributed by atoms with E-state index in [-0.39, 0.29) is 12.5 Å². The Hall–Kier alpha value is -3.68. The molecular formula is C24H24N6O. The topological polar surface area (TPSA) is 97.0 Å². The van der Waals surface area contributed by atoms with Gasteiger partial charge in [0.05, 0.1) is 23.4 Å². The zero-order valence-corrected chi connectivity index (χ0v) is 17.0. The number of carbonyl (C=O) groups is 1. The molecule has 0 fully saturated rings. The van der Waals surface area contributed by atoms with E-state index in [1.807, 2.05) is 41.1 Å². The molecule has 1 aliphatic heterocycles. The maximum absolute atomic E-state index is 11.8. The monoisotopic (exact) mass is 412 g/mol. The average Bonchev–Trinajstić information content (AvgIpc) is 3.08. The lowest BCUT2D eigenvalue weighted by Crippen LogP contribution is -2.55. The number of allylic oxidation sites excluding steroid dienone is 4. The number of carbonyl (C=O) groups excluding carboxylic acids is 1. The van der Waals surface area contributed by atoms with Gasteiger partial charge in [-0.05, 0) is 35.8 Å². The van der Waals surface area contributed by atoms with Crippen molar-refractivity contribution in [2.45, 2.75) is 25.4 Å². The zero-order chi connectivity index (χ0) is 21.2. The van der Waals surface area contributed by atoms with Crippen LogP contribution in [0.3, 0.4) is 0 Å². The maximum atomic E-state index is 11.8. The van der Waals surface area contributed by atoms with Gasteiger partial charge in [0.15, 0.2) is 6.29 Å². The van der Waals surface area contributed by atoms with Crippen LogP contribution in [0.15, 0.2) is 90.3 Å². The minimum Gasteiger partial charge on any atom is -0.366 e. The summed E-state index contributed by atoms with van der Waals surface area (Å²) in [6, 6.07) is 15.8. The Morgan fingerprint density at radius 2 is 2.03 bits per heavy atom. The molecule has 1 aliphatic carbocycles. The van der Waals surface area contributed by atoms with Crippen molar-refractivity contribution < 1.29 is 4.79 Å². The van der Waals surface area contributed by atoms with E-state index in [9.17, 15) is 4.79 Å². The first-order valence-corrected chi connectivity index (χ1v) is 10.3. The van der Waals surface area contributed by atoms with Gasteiger partial charge in [-0.3, -0.25) is 15.4 Å². The smallest absolute Gasteiger partial charge is 0.249 e. The van der Waals surface area contributed by atoms with Gasteiger partial charge in [-0.15, -0.1) is 0 Å². The van der Waals surface area contributed by atoms with Crippen LogP contribution >= 0.6 is 0 Å². The molecule has 1 amide bonds. The quantitative estimate of drug-likeness (QED) is 0.517. The summed E-state index contributed by atoms with van der Waals surface area (Å²) in [5.74, 6) is -0.458. The number of amides is 1. The molecule has 2 unspecified atom stereocenters. The van der Waals surface area contributed by atoms with Crippen LogP contribution in [0.2, 0.25) is 0 Å². The van der Waals surface area contributed by atoms with Crippen LogP contribution in [-0.2, 0) is 6.54 Å². The Bertz CT molecular complexity index is 1210. The third kappa shape index (κ3) is 3.76. The second kappa shape index (κ2) is 8.22. The van der Waals surface area contributed by atoms with Gasteiger partial charge >= 0.3 is 0 Å². The summed E-state index contributed by atoms with van der Waals surface area (Å²) < 4.78 is 1.86. The standard InChI is InChI=1S/C24H24N6O/c25-22(31)17-11-7-13-21-19(17)15-27-30(21)24-28-20-12-6-2-5-10-18(20)23(29-24)26-14-16-8-3-1-4-9-16/h1-9,11-13,15,23-24,26,28-29H,10,14H2,(H2,25,31). The van der Waals surface area contributed by atoms with Crippen molar-refractivity contribution in [2.24, 2.45) is 5.73 Å². The van der Waals surface area contributed by atoms with Crippen molar-refractivity contribution in [3.8, 4) is 0 Å². The van der Waals surface area contributed by atoms with E-state index in [2.05, 4.69) is 51.4 Å². The molecular weight excluding hydrogens is 388 g/mol. The molecule has 1 aromatic heterocycles. The number of hydrogen-bond donors (Lipinski definition) is 4. The Labute approximate surface area is 180 Å². The normalized spacial score (nSPS) is 20.4. The van der Waals surface area contributed by atoms with Gasteiger partial charge in [0.1, 0.15) is 0 Å². The molecule has 2 heterocycles. The number of primary amides is 1. The summed E-state index contributed by atoms with van der Waals surface area (Å²) in [6.45, 7) is 0.737. The van der Waals surface area contributed by atoms with E-state index < -0.39 is 5.91 Å². The van der Waals surface area contributed by atoms with E-state index in [1.165, 1.54) is 11.1 Å². The van der Waals surface area contributed by atoms with Gasteiger partial charge < -0.3 is 11.1 Å². The number of rotatable bonds is 5. The van der Waals surface area contributed by atoms with Crippen LogP contribution in [0.4, 0.5) is 0 Å². The maximum Gasteiger partial charge on any atom is 0.249 e. The molecule has 31 heavy (non-hydrogen) atoms. The van der Waals surface area contributed by atoms with Crippen LogP contribution in [0.1, 0.15) is 28.6 Å². The number of nitrogens with one attached hydrogen (secondary N) is 3. The van der Waals surface area contributed by atoms with Crippen molar-refractivity contribution in [2.75, 3.05) is 0 Å². The highest BCUT2D eigenvalue weighted by atomic mass is 16.1. The Morgan fingerprint density at radius 3 is 2.87 bits per heavy atom. The minimum absolute atomic E-state index is 0.0487. The molecule has 0 radical (unpaired) electrons. The first-order chi connectivity index (χ1) is 15.2. The summed E-state index contributed by atoms with van der Waals surface area (Å²) in [5, 5.41) is 16.1. The summed E-state index contributed by atoms with van der Waals surface area (Å²) in [5.41, 5.74) is 10.4. The van der Waals surface area contributed by atoms with Crippen LogP contribution in [-0.4, -0.2) is 21.9 Å². The summed E-state index contributed by atoms with van der Waals surface area (Å²) >= 11 is 0. The number of aromatic nitrogens is 2. The van der Waals surface area contributed by atoms with E-state index in [1.54, 1.807) is 12.3 Å². The lowest BCUT2D eigenvalue weighted by molar-refractivity contribution is 0.100. The number of nitrogens with zero attached hydrogens (tertiary/aromatic N) is 2. The molecule has 2 aromatic carbocycles. The number of benzene rings is 2. The summed E-state index contributed by atoms with van der Waals surface area (Å²) in [4.78, 5) is 11.8. The van der Waals surface area contributed by atoms with Gasteiger partial charge in [-0.1, -0.05) is 54.6 Å². The number of hydrogen-bond acceptors (Lipinski definition) is 5. The summed E-state index contributed by atoms with van der Waals surface area (Å²) in [7, 11) is 0. The zero-order valence-electron chi connectivity index (χ0n) is 17.0. The largest absolute Gasteiger partial charge is 0.366 e. The SMILES string of the molecule is NC(=O)c1cccc2c1cnn2C1NC2=C(CC=CC=C2)C(NCc2ccccc2)N1. The fourth-order valence-corrected chi connectivity index (χ4v) is 4.12. The molecule has 0 spiro atoms. The molecule has 7 nitrogen and oxygen atoms in total. The van der Waals surface area contributed by atoms with E-state index >= 15 is 0 Å². The van der Waals surface area contributed by atoms with Gasteiger partial charge in [-0.2, -0.15) is 5.10 Å². The molecule has 5 rings (SSSR count). The molecule has 0 saturated heterocycles. The Kier molecular flexibility index (Phi) is 5.11. The highest BCUT2D eigenvalue weighted by Crippen LogP contribution is 2.26. The molecule has 3 aromatic rings. The van der Waals surface area contributed by atoms with Gasteiger partial charge in [0.2, 0.25) is 5.91 Å². The summed E-state index contributed by atoms with van der Waals surface area (Å²) in [6.07, 6.45) is 10.5. The molecule has 5 N–H and O–H groups in total. The van der Waals surface area contributed by atoms with Gasteiger partial charge in [0.25, 0.3) is 0 Å². The van der Waals surface area contributed by atoms with Crippen LogP contribution in [0.5, 0.6) is 0 Å². The average molecular weight is 412 g/mol. The van der Waals surface area contributed by atoms with Gasteiger partial charge in [-0.25, -0.2) is 4.68 Å². The Morgan fingerprint density at radius 1 is 1.16 bits per heavy atom. The molecule has 0 bridgehead atoms. The van der Waals surface area contributed by atoms with Crippen molar-refractivity contribution in [1.82, 2.24) is 25.7 Å². The number of fused-ring (bicyclic) bond motifs is 1. The van der Waals surface area contributed by atoms with E-state index in [4.69, 9.17) is 5.73 Å². The molecule has 2 atom stereocenters. The lowest BCUT2D eigenvalue weighted by atomic mass is 10.0. The molecule has 2 aliphatic rings. The van der Waals surface area contributed by atoms with Crippen LogP contribution in [0, 0.1) is 0 Å². The van der Waals surface area contributed by atoms with E-state index in [0.29, 0.717) is 5.56 Å². The van der Waals surface area contributed by atoms with Crippen LogP contribution in [0.25, 0.3) is 10.9 Å². The minimum atomic E-state index is -0.458. The van der Waals surface area contributed by atoms with Crippen molar-refractivity contribution in [3.05, 3.63) is 101 Å². The Balaban J connectivity index is 1.48. The third-order valence-electron chi connectivity index (χ3n) is 5.66. The predicted molar refractivity (Wildman–Crippen MR) is 121 cm³/mol. The molecule has 7 heteroatoms. The first kappa shape index (κ1) is 19.3. The van der Waals surface area contributed by atoms with Crippen LogP contribution < -0.4 is 21.7 Å². The molecule has 156 valence electrons. The van der Waals surface area contributed by atoms with Gasteiger partial charge in [0, 0.05) is 17.6 Å². The lowest BCUT2D eigenvalue weighted by Gasteiger charge is -2.36. The fourth-order valence-electron chi connectivity index (χ4n) is 4.12. The molecule has 0 saturated carbocycles. The van der Waals surface area contributed by atoms with Crippen molar-refractivity contribution >= 4 is 16.8 Å². The van der Waals surface area contributed by atoms with Crippen molar-refractivity contribution in [1.29, 1.82) is 0 Å². The second-order valence-electron chi connectivity index (χ2n) is 7.64.